The van der Waals surface area contributed by atoms with E-state index in [1.807, 2.05) is 12.1 Å². The first-order valence-corrected chi connectivity index (χ1v) is 8.29. The van der Waals surface area contributed by atoms with Crippen LogP contribution in [0.15, 0.2) is 52.2 Å². The van der Waals surface area contributed by atoms with Crippen LogP contribution in [0.2, 0.25) is 0 Å². The molecule has 108 valence electrons. The maximum absolute atomic E-state index is 12.3. The number of benzene rings is 1. The molecule has 0 bridgehead atoms. The van der Waals surface area contributed by atoms with E-state index in [4.69, 9.17) is 0 Å². The highest BCUT2D eigenvalue weighted by molar-refractivity contribution is 9.10. The Morgan fingerprint density at radius 3 is 2.81 bits per heavy atom. The molecule has 0 atom stereocenters. The molecule has 0 fully saturated rings. The van der Waals surface area contributed by atoms with Crippen molar-refractivity contribution in [1.29, 1.82) is 0 Å². The average molecular weight is 367 g/mol. The highest BCUT2D eigenvalue weighted by atomic mass is 79.9. The molecule has 2 aromatic heterocycles. The van der Waals surface area contributed by atoms with Crippen molar-refractivity contribution in [2.45, 2.75) is 4.90 Å². The predicted octanol–water partition coefficient (Wildman–Crippen LogP) is 2.53. The van der Waals surface area contributed by atoms with E-state index in [1.54, 1.807) is 25.4 Å². The van der Waals surface area contributed by atoms with Gasteiger partial charge in [-0.2, -0.15) is 5.10 Å². The van der Waals surface area contributed by atoms with Crippen molar-refractivity contribution >= 4 is 42.5 Å². The second-order valence-corrected chi connectivity index (χ2v) is 7.08. The summed E-state index contributed by atoms with van der Waals surface area (Å²) in [5.74, 6) is 0. The fourth-order valence-corrected chi connectivity index (χ4v) is 3.36. The maximum Gasteiger partial charge on any atom is 0.265 e. The van der Waals surface area contributed by atoms with Crippen LogP contribution in [0.25, 0.3) is 10.9 Å². The highest BCUT2D eigenvalue weighted by Gasteiger charge is 2.17. The van der Waals surface area contributed by atoms with Crippen molar-refractivity contribution in [2.24, 2.45) is 7.05 Å². The molecule has 0 radical (unpaired) electrons. The van der Waals surface area contributed by atoms with Gasteiger partial charge in [0.1, 0.15) is 4.90 Å². The number of pyridine rings is 1. The molecular formula is C13H11BrN4O2S. The Bertz CT molecular complexity index is 921. The lowest BCUT2D eigenvalue weighted by molar-refractivity contribution is 0.601. The van der Waals surface area contributed by atoms with Crippen LogP contribution in [0.3, 0.4) is 0 Å². The summed E-state index contributed by atoms with van der Waals surface area (Å²) in [7, 11) is -2.02. The van der Waals surface area contributed by atoms with E-state index in [1.165, 1.54) is 17.1 Å². The molecule has 0 amide bonds. The first-order chi connectivity index (χ1) is 9.95. The zero-order valence-electron chi connectivity index (χ0n) is 11.0. The Kier molecular flexibility index (Phi) is 3.42. The molecule has 8 heteroatoms. The molecule has 0 aliphatic carbocycles. The molecule has 0 saturated heterocycles. The fraction of sp³-hybridized carbons (Fsp3) is 0.0769. The summed E-state index contributed by atoms with van der Waals surface area (Å²) in [4.78, 5) is 4.38. The van der Waals surface area contributed by atoms with Gasteiger partial charge in [0, 0.05) is 29.3 Å². The molecule has 2 heterocycles. The number of para-hydroxylation sites is 1. The monoisotopic (exact) mass is 366 g/mol. The molecule has 3 rings (SSSR count). The lowest BCUT2D eigenvalue weighted by Crippen LogP contribution is -2.12. The van der Waals surface area contributed by atoms with Crippen LogP contribution in [0, 0.1) is 0 Å². The fourth-order valence-electron chi connectivity index (χ4n) is 1.96. The molecule has 21 heavy (non-hydrogen) atoms. The van der Waals surface area contributed by atoms with Crippen molar-refractivity contribution in [3.63, 3.8) is 0 Å². The van der Waals surface area contributed by atoms with Gasteiger partial charge in [0.25, 0.3) is 10.0 Å². The summed E-state index contributed by atoms with van der Waals surface area (Å²) in [6.45, 7) is 0. The van der Waals surface area contributed by atoms with Gasteiger partial charge in [0.15, 0.2) is 0 Å². The van der Waals surface area contributed by atoms with Crippen molar-refractivity contribution in [1.82, 2.24) is 14.8 Å². The quantitative estimate of drug-likeness (QED) is 0.772. The number of nitrogens with one attached hydrogen (secondary N) is 1. The largest absolute Gasteiger partial charge is 0.277 e. The lowest BCUT2D eigenvalue weighted by Gasteiger charge is -2.09. The Morgan fingerprint density at radius 2 is 2.10 bits per heavy atom. The van der Waals surface area contributed by atoms with Gasteiger partial charge in [-0.1, -0.05) is 12.1 Å². The molecule has 3 aromatic rings. The van der Waals surface area contributed by atoms with E-state index in [9.17, 15) is 8.42 Å². The molecule has 0 unspecified atom stereocenters. The Labute approximate surface area is 130 Å². The second kappa shape index (κ2) is 5.12. The molecule has 0 aliphatic heterocycles. The van der Waals surface area contributed by atoms with Crippen molar-refractivity contribution in [2.75, 3.05) is 4.72 Å². The van der Waals surface area contributed by atoms with Crippen LogP contribution in [-0.2, 0) is 17.1 Å². The minimum absolute atomic E-state index is 0.110. The summed E-state index contributed by atoms with van der Waals surface area (Å²) in [5.41, 5.74) is 1.03. The summed E-state index contributed by atoms with van der Waals surface area (Å²) < 4.78 is 29.5. The highest BCUT2D eigenvalue weighted by Crippen LogP contribution is 2.25. The number of hydrogen-bond donors (Lipinski definition) is 1. The standard InChI is InChI=1S/C13H11BrN4O2S/c1-18-8-11(7-16-18)21(19,20)17-12-4-2-3-9-5-10(14)6-15-13(9)12/h2-8,17H,1H3. The molecule has 0 aliphatic rings. The van der Waals surface area contributed by atoms with E-state index in [0.717, 1.165) is 9.86 Å². The molecule has 1 aromatic carbocycles. The van der Waals surface area contributed by atoms with Crippen molar-refractivity contribution in [3.05, 3.63) is 47.3 Å². The van der Waals surface area contributed by atoms with E-state index in [2.05, 4.69) is 30.7 Å². The van der Waals surface area contributed by atoms with Gasteiger partial charge in [-0.3, -0.25) is 14.4 Å². The van der Waals surface area contributed by atoms with Crippen LogP contribution in [-0.4, -0.2) is 23.2 Å². The third kappa shape index (κ3) is 2.77. The zero-order valence-corrected chi connectivity index (χ0v) is 13.4. The van der Waals surface area contributed by atoms with Crippen LogP contribution in [0.4, 0.5) is 5.69 Å². The smallest absolute Gasteiger partial charge is 0.265 e. The van der Waals surface area contributed by atoms with Gasteiger partial charge in [-0.05, 0) is 28.1 Å². The number of aryl methyl sites for hydroxylation is 1. The van der Waals surface area contributed by atoms with E-state index >= 15 is 0 Å². The van der Waals surface area contributed by atoms with Crippen LogP contribution in [0.1, 0.15) is 0 Å². The Morgan fingerprint density at radius 1 is 1.29 bits per heavy atom. The topological polar surface area (TPSA) is 76.9 Å². The number of rotatable bonds is 3. The van der Waals surface area contributed by atoms with Gasteiger partial charge in [0.05, 0.1) is 17.4 Å². The SMILES string of the molecule is Cn1cc(S(=O)(=O)Nc2cccc3cc(Br)cnc23)cn1. The lowest BCUT2D eigenvalue weighted by atomic mass is 10.2. The average Bonchev–Trinajstić information content (AvgIpc) is 2.86. The van der Waals surface area contributed by atoms with Crippen LogP contribution < -0.4 is 4.72 Å². The van der Waals surface area contributed by atoms with Gasteiger partial charge in [-0.25, -0.2) is 8.42 Å². The number of aromatic nitrogens is 3. The molecule has 0 saturated carbocycles. The van der Waals surface area contributed by atoms with Crippen molar-refractivity contribution in [3.8, 4) is 0 Å². The Hall–Kier alpha value is -1.93. The number of sulfonamides is 1. The minimum atomic E-state index is -3.68. The maximum atomic E-state index is 12.3. The van der Waals surface area contributed by atoms with Crippen LogP contribution >= 0.6 is 15.9 Å². The van der Waals surface area contributed by atoms with Gasteiger partial charge in [0.2, 0.25) is 0 Å². The van der Waals surface area contributed by atoms with E-state index < -0.39 is 10.0 Å². The third-order valence-electron chi connectivity index (χ3n) is 2.91. The number of fused-ring (bicyclic) bond motifs is 1. The summed E-state index contributed by atoms with van der Waals surface area (Å²) in [5, 5.41) is 4.72. The summed E-state index contributed by atoms with van der Waals surface area (Å²) in [6, 6.07) is 7.20. The van der Waals surface area contributed by atoms with Gasteiger partial charge in [-0.15, -0.1) is 0 Å². The van der Waals surface area contributed by atoms with Gasteiger partial charge >= 0.3 is 0 Å². The molecule has 6 nitrogen and oxygen atoms in total. The third-order valence-corrected chi connectivity index (χ3v) is 4.67. The minimum Gasteiger partial charge on any atom is -0.277 e. The summed E-state index contributed by atoms with van der Waals surface area (Å²) >= 11 is 3.35. The molecule has 1 N–H and O–H groups in total. The van der Waals surface area contributed by atoms with Crippen molar-refractivity contribution < 1.29 is 8.42 Å². The van der Waals surface area contributed by atoms with Crippen LogP contribution in [0.5, 0.6) is 0 Å². The van der Waals surface area contributed by atoms with E-state index in [-0.39, 0.29) is 4.90 Å². The molecular weight excluding hydrogens is 356 g/mol. The Balaban J connectivity index is 2.06. The second-order valence-electron chi connectivity index (χ2n) is 4.49. The first-order valence-electron chi connectivity index (χ1n) is 6.01. The first kappa shape index (κ1) is 14.0. The number of halogens is 1. The predicted molar refractivity (Wildman–Crippen MR) is 83.5 cm³/mol. The molecule has 0 spiro atoms. The van der Waals surface area contributed by atoms with Gasteiger partial charge < -0.3 is 0 Å². The normalized spacial score (nSPS) is 11.7. The number of anilines is 1. The zero-order chi connectivity index (χ0) is 15.0. The number of nitrogens with zero attached hydrogens (tertiary/aromatic N) is 3. The number of hydrogen-bond acceptors (Lipinski definition) is 4. The summed E-state index contributed by atoms with van der Waals surface area (Å²) in [6.07, 6.45) is 4.37. The van der Waals surface area contributed by atoms with E-state index in [0.29, 0.717) is 11.2 Å².